The molecule has 0 bridgehead atoms. The zero-order chi connectivity index (χ0) is 13.1. The van der Waals surface area contributed by atoms with Crippen molar-refractivity contribution in [1.82, 2.24) is 9.97 Å². The summed E-state index contributed by atoms with van der Waals surface area (Å²) in [7, 11) is 0. The number of alkyl halides is 3. The van der Waals surface area contributed by atoms with Crippen molar-refractivity contribution in [3.8, 4) is 0 Å². The Hall–Kier alpha value is -1.18. The molecule has 0 spiro atoms. The van der Waals surface area contributed by atoms with Gasteiger partial charge in [0.05, 0.1) is 0 Å². The van der Waals surface area contributed by atoms with E-state index in [0.717, 1.165) is 5.75 Å². The van der Waals surface area contributed by atoms with Crippen LogP contribution in [0.3, 0.4) is 0 Å². The fourth-order valence-electron chi connectivity index (χ4n) is 1.21. The van der Waals surface area contributed by atoms with Crippen molar-refractivity contribution >= 4 is 23.4 Å². The highest BCUT2D eigenvalue weighted by Gasteiger charge is 2.35. The van der Waals surface area contributed by atoms with E-state index >= 15 is 0 Å². The highest BCUT2D eigenvalue weighted by molar-refractivity contribution is 7.98. The predicted molar refractivity (Wildman–Crippen MR) is 62.9 cm³/mol. The molecule has 4 nitrogen and oxygen atoms in total. The number of hydrogen-bond donors (Lipinski definition) is 2. The third kappa shape index (κ3) is 4.29. The lowest BCUT2D eigenvalue weighted by atomic mass is 10.4. The molecule has 17 heavy (non-hydrogen) atoms. The van der Waals surface area contributed by atoms with E-state index < -0.39 is 12.0 Å². The van der Waals surface area contributed by atoms with E-state index in [1.54, 1.807) is 11.8 Å². The molecule has 0 fully saturated rings. The van der Waals surface area contributed by atoms with Gasteiger partial charge in [-0.05, 0) is 13.2 Å². The predicted octanol–water partition coefficient (Wildman–Crippen LogP) is 2.24. The van der Waals surface area contributed by atoms with Crippen molar-refractivity contribution in [1.29, 1.82) is 0 Å². The third-order valence-corrected chi connectivity index (χ3v) is 2.64. The van der Waals surface area contributed by atoms with Gasteiger partial charge in [-0.25, -0.2) is 9.97 Å². The van der Waals surface area contributed by atoms with Crippen LogP contribution in [0.2, 0.25) is 0 Å². The number of nitrogens with two attached hydrogens (primary N) is 1. The lowest BCUT2D eigenvalue weighted by Crippen LogP contribution is -2.21. The van der Waals surface area contributed by atoms with Gasteiger partial charge in [-0.15, -0.1) is 0 Å². The molecular weight excluding hydrogens is 253 g/mol. The van der Waals surface area contributed by atoms with Gasteiger partial charge in [-0.1, -0.05) is 0 Å². The second kappa shape index (κ2) is 5.44. The van der Waals surface area contributed by atoms with Crippen LogP contribution in [0.1, 0.15) is 12.7 Å². The molecule has 0 saturated heterocycles. The zero-order valence-electron chi connectivity index (χ0n) is 9.38. The standard InChI is InChI=1S/C9H13F3N4S/c1-5(4-17-2)14-7-3-6(13)15-8(16-7)9(10,11)12/h3,5H,4H2,1-2H3,(H3,13,14,15,16). The number of nitrogen functional groups attached to an aromatic ring is 1. The van der Waals surface area contributed by atoms with Crippen molar-refractivity contribution in [2.24, 2.45) is 0 Å². The summed E-state index contributed by atoms with van der Waals surface area (Å²) < 4.78 is 37.3. The first-order chi connectivity index (χ1) is 7.82. The minimum absolute atomic E-state index is 0.000355. The number of hydrogen-bond acceptors (Lipinski definition) is 5. The zero-order valence-corrected chi connectivity index (χ0v) is 10.2. The Bertz CT molecular complexity index is 383. The lowest BCUT2D eigenvalue weighted by Gasteiger charge is -2.14. The van der Waals surface area contributed by atoms with Crippen LogP contribution >= 0.6 is 11.8 Å². The van der Waals surface area contributed by atoms with Crippen LogP contribution in [0.25, 0.3) is 0 Å². The molecule has 1 unspecified atom stereocenters. The van der Waals surface area contributed by atoms with E-state index in [-0.39, 0.29) is 17.7 Å². The van der Waals surface area contributed by atoms with Gasteiger partial charge in [-0.3, -0.25) is 0 Å². The fraction of sp³-hybridized carbons (Fsp3) is 0.556. The number of aromatic nitrogens is 2. The molecule has 1 heterocycles. The maximum Gasteiger partial charge on any atom is 0.451 e. The topological polar surface area (TPSA) is 63.8 Å². The molecule has 0 aromatic carbocycles. The van der Waals surface area contributed by atoms with E-state index in [1.165, 1.54) is 6.07 Å². The van der Waals surface area contributed by atoms with Gasteiger partial charge in [0.1, 0.15) is 11.6 Å². The Kier molecular flexibility index (Phi) is 4.44. The van der Waals surface area contributed by atoms with Crippen LogP contribution in [0.5, 0.6) is 0 Å². The smallest absolute Gasteiger partial charge is 0.384 e. The third-order valence-electron chi connectivity index (χ3n) is 1.81. The van der Waals surface area contributed by atoms with Gasteiger partial charge in [0.2, 0.25) is 5.82 Å². The lowest BCUT2D eigenvalue weighted by molar-refractivity contribution is -0.144. The van der Waals surface area contributed by atoms with Gasteiger partial charge < -0.3 is 11.1 Å². The Labute approximate surface area is 101 Å². The number of anilines is 2. The molecule has 1 rings (SSSR count). The highest BCUT2D eigenvalue weighted by Crippen LogP contribution is 2.27. The molecule has 3 N–H and O–H groups in total. The van der Waals surface area contributed by atoms with Crippen LogP contribution in [-0.4, -0.2) is 28.0 Å². The Morgan fingerprint density at radius 1 is 1.47 bits per heavy atom. The van der Waals surface area contributed by atoms with E-state index in [9.17, 15) is 13.2 Å². The first-order valence-corrected chi connectivity index (χ1v) is 6.19. The average Bonchev–Trinajstić information content (AvgIpc) is 2.15. The molecule has 0 aliphatic carbocycles. The van der Waals surface area contributed by atoms with Crippen molar-refractivity contribution in [2.75, 3.05) is 23.1 Å². The Balaban J connectivity index is 2.90. The molecule has 0 saturated carbocycles. The van der Waals surface area contributed by atoms with E-state index in [4.69, 9.17) is 5.73 Å². The fourth-order valence-corrected chi connectivity index (χ4v) is 1.79. The van der Waals surface area contributed by atoms with Gasteiger partial charge in [0, 0.05) is 17.9 Å². The van der Waals surface area contributed by atoms with Crippen molar-refractivity contribution in [3.63, 3.8) is 0 Å². The van der Waals surface area contributed by atoms with Crippen LogP contribution in [-0.2, 0) is 6.18 Å². The van der Waals surface area contributed by atoms with Gasteiger partial charge in [0.25, 0.3) is 0 Å². The number of nitrogens with zero attached hydrogens (tertiary/aromatic N) is 2. The normalized spacial score (nSPS) is 13.5. The molecule has 1 aromatic rings. The SMILES string of the molecule is CSCC(C)Nc1cc(N)nc(C(F)(F)F)n1. The largest absolute Gasteiger partial charge is 0.451 e. The quantitative estimate of drug-likeness (QED) is 0.875. The van der Waals surface area contributed by atoms with E-state index in [0.29, 0.717) is 0 Å². The van der Waals surface area contributed by atoms with Crippen molar-refractivity contribution in [2.45, 2.75) is 19.1 Å². The summed E-state index contributed by atoms with van der Waals surface area (Å²) >= 11 is 1.58. The number of halogens is 3. The average molecular weight is 266 g/mol. The monoisotopic (exact) mass is 266 g/mol. The Morgan fingerprint density at radius 2 is 2.12 bits per heavy atom. The summed E-state index contributed by atoms with van der Waals surface area (Å²) in [5, 5.41) is 2.84. The van der Waals surface area contributed by atoms with Gasteiger partial charge in [0.15, 0.2) is 0 Å². The molecule has 1 atom stereocenters. The van der Waals surface area contributed by atoms with Crippen molar-refractivity contribution < 1.29 is 13.2 Å². The molecule has 0 amide bonds. The van der Waals surface area contributed by atoms with Gasteiger partial charge >= 0.3 is 6.18 Å². The summed E-state index contributed by atoms with van der Waals surface area (Å²) in [6, 6.07) is 1.28. The minimum atomic E-state index is -4.59. The Morgan fingerprint density at radius 3 is 2.65 bits per heavy atom. The number of thioether (sulfide) groups is 1. The summed E-state index contributed by atoms with van der Waals surface area (Å²) in [6.07, 6.45) is -2.68. The summed E-state index contributed by atoms with van der Waals surface area (Å²) in [5.41, 5.74) is 5.31. The first-order valence-electron chi connectivity index (χ1n) is 4.80. The summed E-state index contributed by atoms with van der Waals surface area (Å²) in [4.78, 5) is 6.55. The number of nitrogens with one attached hydrogen (secondary N) is 1. The van der Waals surface area contributed by atoms with E-state index in [1.807, 2.05) is 13.2 Å². The van der Waals surface area contributed by atoms with Crippen LogP contribution < -0.4 is 11.1 Å². The second-order valence-corrected chi connectivity index (χ2v) is 4.41. The summed E-state index contributed by atoms with van der Waals surface area (Å²) in [6.45, 7) is 1.85. The second-order valence-electron chi connectivity index (χ2n) is 3.50. The molecular formula is C9H13F3N4S. The van der Waals surface area contributed by atoms with Crippen molar-refractivity contribution in [3.05, 3.63) is 11.9 Å². The minimum Gasteiger partial charge on any atom is -0.384 e. The van der Waals surface area contributed by atoms with Crippen LogP contribution in [0, 0.1) is 0 Å². The molecule has 8 heteroatoms. The van der Waals surface area contributed by atoms with Crippen LogP contribution in [0.15, 0.2) is 6.07 Å². The molecule has 0 aliphatic heterocycles. The maximum absolute atomic E-state index is 12.4. The molecule has 96 valence electrons. The van der Waals surface area contributed by atoms with E-state index in [2.05, 4.69) is 15.3 Å². The first kappa shape index (κ1) is 13.9. The molecule has 0 aliphatic rings. The summed E-state index contributed by atoms with van der Waals surface area (Å²) in [5.74, 6) is -0.584. The van der Waals surface area contributed by atoms with Gasteiger partial charge in [-0.2, -0.15) is 24.9 Å². The maximum atomic E-state index is 12.4. The molecule has 0 radical (unpaired) electrons. The number of rotatable bonds is 4. The highest BCUT2D eigenvalue weighted by atomic mass is 32.2. The molecule has 1 aromatic heterocycles. The van der Waals surface area contributed by atoms with Crippen LogP contribution in [0.4, 0.5) is 24.8 Å².